The Morgan fingerprint density at radius 1 is 1.24 bits per heavy atom. The van der Waals surface area contributed by atoms with Gasteiger partial charge in [0.2, 0.25) is 5.91 Å². The topological polar surface area (TPSA) is 67.5 Å². The summed E-state index contributed by atoms with van der Waals surface area (Å²) in [7, 11) is 2.80. The molecular formula is C20H30N3OP. The van der Waals surface area contributed by atoms with Crippen LogP contribution in [0.3, 0.4) is 0 Å². The third-order valence-corrected chi connectivity index (χ3v) is 6.84. The van der Waals surface area contributed by atoms with Gasteiger partial charge in [-0.1, -0.05) is 33.8 Å². The molecule has 3 rings (SSSR count). The Balaban J connectivity index is 2.00. The molecule has 0 spiro atoms. The van der Waals surface area contributed by atoms with Gasteiger partial charge in [0.15, 0.2) is 0 Å². The first kappa shape index (κ1) is 18.4. The maximum Gasteiger partial charge on any atom is 0.227 e. The molecule has 2 atom stereocenters. The predicted molar refractivity (Wildman–Crippen MR) is 108 cm³/mol. The minimum Gasteiger partial charge on any atom is -0.387 e. The van der Waals surface area contributed by atoms with E-state index in [0.717, 1.165) is 35.8 Å². The molecule has 25 heavy (non-hydrogen) atoms. The molecule has 1 saturated carbocycles. The standard InChI is InChI=1S/C20H30N3OP/c1-18(2)11-20(5,23-17(21)19(18,3)4)14-10-13(8-9-15(14)25)22-16(24)12-6-7-12/h8-10,12H,6-7,11,25H2,1-5H3,(H2,21,23)(H,22,24)/t20-/m0/s1. The summed E-state index contributed by atoms with van der Waals surface area (Å²) in [4.78, 5) is 17.0. The SMILES string of the molecule is CC1(C)C[C@@](C)(c2cc(NC(=O)C3CC3)ccc2P)N=C(N)C1(C)C. The zero-order valence-electron chi connectivity index (χ0n) is 15.9. The Kier molecular flexibility index (Phi) is 4.27. The van der Waals surface area contributed by atoms with Gasteiger partial charge in [-0.2, -0.15) is 0 Å². The van der Waals surface area contributed by atoms with E-state index in [4.69, 9.17) is 10.7 Å². The highest BCUT2D eigenvalue weighted by atomic mass is 31.0. The molecular weight excluding hydrogens is 329 g/mol. The molecule has 1 aromatic rings. The highest BCUT2D eigenvalue weighted by molar-refractivity contribution is 7.27. The summed E-state index contributed by atoms with van der Waals surface area (Å²) in [6.45, 7) is 11.0. The van der Waals surface area contributed by atoms with E-state index in [1.165, 1.54) is 0 Å². The average molecular weight is 359 g/mol. The van der Waals surface area contributed by atoms with Gasteiger partial charge in [-0.05, 0) is 54.6 Å². The van der Waals surface area contributed by atoms with Crippen LogP contribution in [0.4, 0.5) is 5.69 Å². The minimum absolute atomic E-state index is 0.0119. The molecule has 1 fully saturated rings. The monoisotopic (exact) mass is 359 g/mol. The Hall–Kier alpha value is -1.41. The maximum atomic E-state index is 12.1. The summed E-state index contributed by atoms with van der Waals surface area (Å²) >= 11 is 0. The van der Waals surface area contributed by atoms with Gasteiger partial charge in [0.25, 0.3) is 0 Å². The summed E-state index contributed by atoms with van der Waals surface area (Å²) < 4.78 is 0. The predicted octanol–water partition coefficient (Wildman–Crippen LogP) is 3.56. The third kappa shape index (κ3) is 3.21. The fraction of sp³-hybridized carbons (Fsp3) is 0.600. The van der Waals surface area contributed by atoms with E-state index >= 15 is 0 Å². The molecule has 1 aliphatic carbocycles. The first-order valence-corrected chi connectivity index (χ1v) is 9.61. The number of benzene rings is 1. The lowest BCUT2D eigenvalue weighted by atomic mass is 9.59. The third-order valence-electron chi connectivity index (χ3n) is 6.33. The number of hydrogen-bond donors (Lipinski definition) is 2. The molecule has 136 valence electrons. The lowest BCUT2D eigenvalue weighted by molar-refractivity contribution is -0.117. The largest absolute Gasteiger partial charge is 0.387 e. The van der Waals surface area contributed by atoms with E-state index in [2.05, 4.69) is 55.2 Å². The van der Waals surface area contributed by atoms with E-state index in [-0.39, 0.29) is 22.7 Å². The molecule has 2 aliphatic rings. The van der Waals surface area contributed by atoms with Crippen molar-refractivity contribution in [3.63, 3.8) is 0 Å². The van der Waals surface area contributed by atoms with Gasteiger partial charge in [0.05, 0.1) is 5.54 Å². The molecule has 0 radical (unpaired) electrons. The van der Waals surface area contributed by atoms with E-state index in [0.29, 0.717) is 5.84 Å². The Labute approximate surface area is 153 Å². The van der Waals surface area contributed by atoms with Gasteiger partial charge in [-0.25, -0.2) is 0 Å². The summed E-state index contributed by atoms with van der Waals surface area (Å²) in [6, 6.07) is 6.06. The van der Waals surface area contributed by atoms with Crippen molar-refractivity contribution in [2.75, 3.05) is 5.32 Å². The summed E-state index contributed by atoms with van der Waals surface area (Å²) in [6.07, 6.45) is 2.90. The number of carbonyl (C=O) groups is 1. The summed E-state index contributed by atoms with van der Waals surface area (Å²) in [5, 5.41) is 4.14. The van der Waals surface area contributed by atoms with Gasteiger partial charge in [-0.15, -0.1) is 9.24 Å². The lowest BCUT2D eigenvalue weighted by Crippen LogP contribution is -2.52. The van der Waals surface area contributed by atoms with E-state index in [1.807, 2.05) is 12.1 Å². The second kappa shape index (κ2) is 5.81. The molecule has 1 unspecified atom stereocenters. The number of amidine groups is 1. The van der Waals surface area contributed by atoms with Crippen molar-refractivity contribution in [3.05, 3.63) is 23.8 Å². The van der Waals surface area contributed by atoms with E-state index in [1.54, 1.807) is 0 Å². The van der Waals surface area contributed by atoms with Crippen LogP contribution in [0.15, 0.2) is 23.2 Å². The molecule has 3 N–H and O–H groups in total. The fourth-order valence-electron chi connectivity index (χ4n) is 3.72. The Bertz CT molecular complexity index is 749. The van der Waals surface area contributed by atoms with Crippen molar-refractivity contribution in [2.45, 2.75) is 59.4 Å². The van der Waals surface area contributed by atoms with E-state index in [9.17, 15) is 4.79 Å². The number of nitrogens with one attached hydrogen (secondary N) is 1. The normalized spacial score (nSPS) is 27.5. The van der Waals surface area contributed by atoms with Crippen molar-refractivity contribution in [1.82, 2.24) is 0 Å². The van der Waals surface area contributed by atoms with Crippen molar-refractivity contribution in [3.8, 4) is 0 Å². The van der Waals surface area contributed by atoms with Crippen LogP contribution in [0.25, 0.3) is 0 Å². The first-order valence-electron chi connectivity index (χ1n) is 9.03. The number of nitrogens with two attached hydrogens (primary N) is 1. The highest BCUT2D eigenvalue weighted by Gasteiger charge is 2.50. The van der Waals surface area contributed by atoms with Crippen LogP contribution in [0.1, 0.15) is 59.4 Å². The Morgan fingerprint density at radius 3 is 2.44 bits per heavy atom. The van der Waals surface area contributed by atoms with Crippen molar-refractivity contribution >= 4 is 32.0 Å². The molecule has 4 nitrogen and oxygen atoms in total. The van der Waals surface area contributed by atoms with Crippen LogP contribution in [0.5, 0.6) is 0 Å². The molecule has 5 heteroatoms. The summed E-state index contributed by atoms with van der Waals surface area (Å²) in [5.74, 6) is 1.02. The number of nitrogens with zero attached hydrogens (tertiary/aromatic N) is 1. The van der Waals surface area contributed by atoms with Crippen LogP contribution in [0.2, 0.25) is 0 Å². The minimum atomic E-state index is -0.402. The molecule has 0 aromatic heterocycles. The van der Waals surface area contributed by atoms with Gasteiger partial charge in [0.1, 0.15) is 5.84 Å². The van der Waals surface area contributed by atoms with Crippen LogP contribution < -0.4 is 16.4 Å². The van der Waals surface area contributed by atoms with Crippen LogP contribution >= 0.6 is 9.24 Å². The lowest BCUT2D eigenvalue weighted by Gasteiger charge is -2.50. The zero-order chi connectivity index (χ0) is 18.6. The number of hydrogen-bond acceptors (Lipinski definition) is 3. The van der Waals surface area contributed by atoms with Gasteiger partial charge in [-0.3, -0.25) is 9.79 Å². The maximum absolute atomic E-state index is 12.1. The number of aliphatic imine (C=N–C) groups is 1. The van der Waals surface area contributed by atoms with Crippen molar-refractivity contribution < 1.29 is 4.79 Å². The number of anilines is 1. The van der Waals surface area contributed by atoms with Crippen LogP contribution in [-0.4, -0.2) is 11.7 Å². The van der Waals surface area contributed by atoms with Crippen molar-refractivity contribution in [2.24, 2.45) is 27.5 Å². The highest BCUT2D eigenvalue weighted by Crippen LogP contribution is 2.52. The van der Waals surface area contributed by atoms with Gasteiger partial charge >= 0.3 is 0 Å². The smallest absolute Gasteiger partial charge is 0.227 e. The summed E-state index contributed by atoms with van der Waals surface area (Å²) in [5.41, 5.74) is 7.81. The van der Waals surface area contributed by atoms with Gasteiger partial charge < -0.3 is 11.1 Å². The molecule has 0 saturated heterocycles. The fourth-order valence-corrected chi connectivity index (χ4v) is 4.21. The second-order valence-corrected chi connectivity index (χ2v) is 9.64. The number of amides is 1. The quantitative estimate of drug-likeness (QED) is 0.810. The van der Waals surface area contributed by atoms with Crippen LogP contribution in [-0.2, 0) is 10.3 Å². The number of carbonyl (C=O) groups excluding carboxylic acids is 1. The second-order valence-electron chi connectivity index (χ2n) is 9.02. The molecule has 1 aromatic carbocycles. The zero-order valence-corrected chi connectivity index (χ0v) is 17.1. The van der Waals surface area contributed by atoms with Crippen LogP contribution in [0, 0.1) is 16.7 Å². The van der Waals surface area contributed by atoms with Crippen molar-refractivity contribution in [1.29, 1.82) is 0 Å². The molecule has 0 bridgehead atoms. The first-order chi connectivity index (χ1) is 11.5. The Morgan fingerprint density at radius 2 is 1.88 bits per heavy atom. The average Bonchev–Trinajstić information content (AvgIpc) is 3.31. The van der Waals surface area contributed by atoms with E-state index < -0.39 is 5.54 Å². The molecule has 1 heterocycles. The number of rotatable bonds is 3. The molecule has 1 aliphatic heterocycles. The molecule has 1 amide bonds. The van der Waals surface area contributed by atoms with Gasteiger partial charge in [0, 0.05) is 17.0 Å².